The van der Waals surface area contributed by atoms with Crippen LogP contribution in [0, 0.1) is 0 Å². The van der Waals surface area contributed by atoms with Gasteiger partial charge in [0.1, 0.15) is 12.1 Å². The van der Waals surface area contributed by atoms with E-state index in [1.807, 2.05) is 6.92 Å². The van der Waals surface area contributed by atoms with Crippen LogP contribution in [0.3, 0.4) is 0 Å². The summed E-state index contributed by atoms with van der Waals surface area (Å²) in [6.07, 6.45) is 2.40. The first-order valence-corrected chi connectivity index (χ1v) is 5.83. The molecule has 0 saturated carbocycles. The van der Waals surface area contributed by atoms with Crippen molar-refractivity contribution in [2.45, 2.75) is 13.3 Å². The predicted molar refractivity (Wildman–Crippen MR) is 66.2 cm³/mol. The predicted octanol–water partition coefficient (Wildman–Crippen LogP) is 0.653. The highest BCUT2D eigenvalue weighted by atomic mass is 16.5. The second-order valence-electron chi connectivity index (χ2n) is 3.36. The maximum Gasteiger partial charge on any atom is 0.218 e. The summed E-state index contributed by atoms with van der Waals surface area (Å²) in [7, 11) is 0. The van der Waals surface area contributed by atoms with Crippen LogP contribution in [0.15, 0.2) is 12.4 Å². The number of hydrogen-bond acceptors (Lipinski definition) is 6. The van der Waals surface area contributed by atoms with E-state index in [1.54, 1.807) is 6.07 Å². The summed E-state index contributed by atoms with van der Waals surface area (Å²) >= 11 is 0. The lowest BCUT2D eigenvalue weighted by Gasteiger charge is -2.07. The van der Waals surface area contributed by atoms with Crippen LogP contribution in [-0.4, -0.2) is 42.9 Å². The zero-order chi connectivity index (χ0) is 12.3. The lowest BCUT2D eigenvalue weighted by Crippen LogP contribution is -2.12. The van der Waals surface area contributed by atoms with E-state index >= 15 is 0 Å². The van der Waals surface area contributed by atoms with Crippen molar-refractivity contribution >= 4 is 5.82 Å². The molecule has 0 atom stereocenters. The monoisotopic (exact) mass is 240 g/mol. The Morgan fingerprint density at radius 2 is 2.24 bits per heavy atom. The van der Waals surface area contributed by atoms with Gasteiger partial charge in [-0.05, 0) is 13.3 Å². The van der Waals surface area contributed by atoms with E-state index in [2.05, 4.69) is 15.3 Å². The van der Waals surface area contributed by atoms with Gasteiger partial charge in [-0.3, -0.25) is 0 Å². The topological polar surface area (TPSA) is 82.3 Å². The normalized spacial score (nSPS) is 10.2. The average Bonchev–Trinajstić information content (AvgIpc) is 2.35. The first kappa shape index (κ1) is 13.7. The maximum absolute atomic E-state index is 5.31. The van der Waals surface area contributed by atoms with E-state index < -0.39 is 0 Å². The van der Waals surface area contributed by atoms with Gasteiger partial charge in [-0.2, -0.15) is 0 Å². The van der Waals surface area contributed by atoms with Crippen molar-refractivity contribution in [2.24, 2.45) is 5.73 Å². The number of nitrogens with zero attached hydrogens (tertiary/aromatic N) is 2. The van der Waals surface area contributed by atoms with Crippen LogP contribution >= 0.6 is 0 Å². The van der Waals surface area contributed by atoms with E-state index in [4.69, 9.17) is 15.2 Å². The quantitative estimate of drug-likeness (QED) is 0.617. The Morgan fingerprint density at radius 3 is 3.00 bits per heavy atom. The number of nitrogens with one attached hydrogen (secondary N) is 1. The average molecular weight is 240 g/mol. The zero-order valence-corrected chi connectivity index (χ0v) is 10.2. The summed E-state index contributed by atoms with van der Waals surface area (Å²) in [6, 6.07) is 1.78. The first-order chi connectivity index (χ1) is 8.36. The second-order valence-corrected chi connectivity index (χ2v) is 3.36. The molecule has 96 valence electrons. The smallest absolute Gasteiger partial charge is 0.218 e. The lowest BCUT2D eigenvalue weighted by molar-refractivity contribution is 0.141. The Labute approximate surface area is 102 Å². The fourth-order valence-electron chi connectivity index (χ4n) is 1.24. The minimum Gasteiger partial charge on any atom is -0.478 e. The van der Waals surface area contributed by atoms with E-state index in [0.29, 0.717) is 32.2 Å². The van der Waals surface area contributed by atoms with Gasteiger partial charge in [0.25, 0.3) is 0 Å². The number of hydrogen-bond donors (Lipinski definition) is 2. The molecule has 0 aliphatic heterocycles. The zero-order valence-electron chi connectivity index (χ0n) is 10.2. The minimum atomic E-state index is 0.567. The Hall–Kier alpha value is -1.40. The highest BCUT2D eigenvalue weighted by Gasteiger charge is 1.98. The summed E-state index contributed by atoms with van der Waals surface area (Å²) in [5.41, 5.74) is 5.31. The van der Waals surface area contributed by atoms with Gasteiger partial charge in [-0.15, -0.1) is 0 Å². The molecule has 1 heterocycles. The van der Waals surface area contributed by atoms with Gasteiger partial charge in [-0.25, -0.2) is 9.97 Å². The van der Waals surface area contributed by atoms with Gasteiger partial charge in [0.2, 0.25) is 5.88 Å². The van der Waals surface area contributed by atoms with Gasteiger partial charge in [0.05, 0.1) is 13.2 Å². The molecule has 17 heavy (non-hydrogen) atoms. The summed E-state index contributed by atoms with van der Waals surface area (Å²) in [5.74, 6) is 1.35. The second kappa shape index (κ2) is 8.72. The minimum absolute atomic E-state index is 0.567. The third-order valence-corrected chi connectivity index (χ3v) is 1.97. The van der Waals surface area contributed by atoms with E-state index in [0.717, 1.165) is 18.8 Å². The standard InChI is InChI=1S/C11H20N4O2/c1-2-17-11-8-10(14-9-15-11)13-5-3-6-16-7-4-12/h8-9H,2-7,12H2,1H3,(H,13,14,15). The first-order valence-electron chi connectivity index (χ1n) is 5.83. The lowest BCUT2D eigenvalue weighted by atomic mass is 10.4. The highest BCUT2D eigenvalue weighted by molar-refractivity contribution is 5.36. The van der Waals surface area contributed by atoms with Crippen molar-refractivity contribution in [2.75, 3.05) is 38.2 Å². The Kier molecular flexibility index (Phi) is 7.01. The van der Waals surface area contributed by atoms with Crippen LogP contribution in [0.5, 0.6) is 5.88 Å². The van der Waals surface area contributed by atoms with Crippen molar-refractivity contribution in [3.63, 3.8) is 0 Å². The van der Waals surface area contributed by atoms with Gasteiger partial charge >= 0.3 is 0 Å². The maximum atomic E-state index is 5.31. The fraction of sp³-hybridized carbons (Fsp3) is 0.636. The molecule has 1 rings (SSSR count). The Bertz CT molecular complexity index is 309. The summed E-state index contributed by atoms with van der Waals surface area (Å²) < 4.78 is 10.5. The molecule has 6 heteroatoms. The van der Waals surface area contributed by atoms with Crippen molar-refractivity contribution in [1.29, 1.82) is 0 Å². The molecule has 3 N–H and O–H groups in total. The van der Waals surface area contributed by atoms with E-state index in [-0.39, 0.29) is 0 Å². The van der Waals surface area contributed by atoms with Crippen LogP contribution in [0.1, 0.15) is 13.3 Å². The molecule has 0 aromatic carbocycles. The summed E-state index contributed by atoms with van der Waals surface area (Å²) in [6.45, 7) is 5.20. The van der Waals surface area contributed by atoms with Crippen molar-refractivity contribution < 1.29 is 9.47 Å². The third kappa shape index (κ3) is 6.03. The molecular weight excluding hydrogens is 220 g/mol. The van der Waals surface area contributed by atoms with Gasteiger partial charge < -0.3 is 20.5 Å². The molecule has 1 aromatic heterocycles. The molecule has 0 unspecified atom stereocenters. The molecule has 0 spiro atoms. The molecule has 0 amide bonds. The molecule has 0 aliphatic rings. The fourth-order valence-corrected chi connectivity index (χ4v) is 1.24. The molecular formula is C11H20N4O2. The SMILES string of the molecule is CCOc1cc(NCCCOCCN)ncn1. The van der Waals surface area contributed by atoms with Crippen LogP contribution < -0.4 is 15.8 Å². The van der Waals surface area contributed by atoms with Crippen molar-refractivity contribution in [3.05, 3.63) is 12.4 Å². The van der Waals surface area contributed by atoms with E-state index in [1.165, 1.54) is 6.33 Å². The molecule has 0 aliphatic carbocycles. The number of ether oxygens (including phenoxy) is 2. The molecule has 0 fully saturated rings. The highest BCUT2D eigenvalue weighted by Crippen LogP contribution is 2.10. The third-order valence-electron chi connectivity index (χ3n) is 1.97. The van der Waals surface area contributed by atoms with Gasteiger partial charge in [0.15, 0.2) is 0 Å². The van der Waals surface area contributed by atoms with Crippen LogP contribution in [0.25, 0.3) is 0 Å². The van der Waals surface area contributed by atoms with Crippen molar-refractivity contribution in [1.82, 2.24) is 9.97 Å². The molecule has 0 radical (unpaired) electrons. The van der Waals surface area contributed by atoms with Gasteiger partial charge in [-0.1, -0.05) is 0 Å². The number of aromatic nitrogens is 2. The molecule has 0 saturated heterocycles. The number of nitrogens with two attached hydrogens (primary N) is 1. The van der Waals surface area contributed by atoms with Gasteiger partial charge in [0, 0.05) is 25.8 Å². The Balaban J connectivity index is 2.19. The van der Waals surface area contributed by atoms with Crippen molar-refractivity contribution in [3.8, 4) is 5.88 Å². The van der Waals surface area contributed by atoms with E-state index in [9.17, 15) is 0 Å². The molecule has 0 bridgehead atoms. The largest absolute Gasteiger partial charge is 0.478 e. The molecule has 6 nitrogen and oxygen atoms in total. The summed E-state index contributed by atoms with van der Waals surface area (Å²) in [4.78, 5) is 8.08. The molecule has 1 aromatic rings. The van der Waals surface area contributed by atoms with Crippen LogP contribution in [-0.2, 0) is 4.74 Å². The van der Waals surface area contributed by atoms with Crippen LogP contribution in [0.2, 0.25) is 0 Å². The Morgan fingerprint density at radius 1 is 1.35 bits per heavy atom. The van der Waals surface area contributed by atoms with Crippen LogP contribution in [0.4, 0.5) is 5.82 Å². The summed E-state index contributed by atoms with van der Waals surface area (Å²) in [5, 5.41) is 3.18. The number of anilines is 1. The number of rotatable bonds is 9.